The van der Waals surface area contributed by atoms with Crippen LogP contribution < -0.4 is 14.8 Å². The minimum atomic E-state index is -0.707. The van der Waals surface area contributed by atoms with E-state index in [1.807, 2.05) is 6.07 Å². The SMILES string of the molecule is COc1cc(C(=O)OCC(=O)Nc2cccc(C#N)c2)ccc1OCc1ccc(Cl)cc1Cl. The lowest BCUT2D eigenvalue weighted by Gasteiger charge is -2.13. The van der Waals surface area contributed by atoms with Crippen LogP contribution in [0, 0.1) is 11.3 Å². The molecule has 168 valence electrons. The van der Waals surface area contributed by atoms with E-state index in [0.29, 0.717) is 32.8 Å². The molecule has 0 aliphatic rings. The number of carbonyl (C=O) groups excluding carboxylic acids is 2. The van der Waals surface area contributed by atoms with Crippen LogP contribution in [0.3, 0.4) is 0 Å². The summed E-state index contributed by atoms with van der Waals surface area (Å²) in [6.45, 7) is -0.325. The van der Waals surface area contributed by atoms with E-state index in [0.717, 1.165) is 5.56 Å². The third-order valence-electron chi connectivity index (χ3n) is 4.41. The van der Waals surface area contributed by atoms with Gasteiger partial charge in [0.15, 0.2) is 18.1 Å². The maximum atomic E-state index is 12.4. The van der Waals surface area contributed by atoms with Crippen molar-refractivity contribution in [2.75, 3.05) is 19.0 Å². The van der Waals surface area contributed by atoms with Gasteiger partial charge < -0.3 is 19.5 Å². The summed E-state index contributed by atoms with van der Waals surface area (Å²) < 4.78 is 16.1. The van der Waals surface area contributed by atoms with Crippen LogP contribution in [0.5, 0.6) is 11.5 Å². The number of nitriles is 1. The zero-order chi connectivity index (χ0) is 23.8. The van der Waals surface area contributed by atoms with Gasteiger partial charge in [0, 0.05) is 21.3 Å². The van der Waals surface area contributed by atoms with E-state index in [2.05, 4.69) is 5.32 Å². The first-order chi connectivity index (χ1) is 15.9. The molecule has 0 bridgehead atoms. The second-order valence-electron chi connectivity index (χ2n) is 6.71. The molecule has 1 N–H and O–H groups in total. The summed E-state index contributed by atoms with van der Waals surface area (Å²) in [7, 11) is 1.44. The Morgan fingerprint density at radius 3 is 2.58 bits per heavy atom. The molecular weight excluding hydrogens is 467 g/mol. The summed E-state index contributed by atoms with van der Waals surface area (Å²) in [5.41, 5.74) is 1.75. The first kappa shape index (κ1) is 23.9. The normalized spacial score (nSPS) is 10.1. The third-order valence-corrected chi connectivity index (χ3v) is 4.99. The van der Waals surface area contributed by atoms with E-state index in [-0.39, 0.29) is 12.2 Å². The van der Waals surface area contributed by atoms with Crippen LogP contribution in [0.25, 0.3) is 0 Å². The topological polar surface area (TPSA) is 97.6 Å². The number of hydrogen-bond acceptors (Lipinski definition) is 6. The predicted octanol–water partition coefficient (Wildman–Crippen LogP) is 5.25. The number of esters is 1. The average Bonchev–Trinajstić information content (AvgIpc) is 2.82. The standard InChI is InChI=1S/C24H18Cl2N2O5/c1-31-22-10-16(6-8-21(22)32-13-17-5-7-18(25)11-20(17)26)24(30)33-14-23(29)28-19-4-2-3-15(9-19)12-27/h2-11H,13-14H2,1H3,(H,28,29). The van der Waals surface area contributed by atoms with Crippen molar-refractivity contribution in [2.24, 2.45) is 0 Å². The van der Waals surface area contributed by atoms with Crippen LogP contribution in [0.15, 0.2) is 60.7 Å². The minimum absolute atomic E-state index is 0.170. The number of rotatable bonds is 8. The molecule has 7 nitrogen and oxygen atoms in total. The van der Waals surface area contributed by atoms with Gasteiger partial charge in [-0.3, -0.25) is 4.79 Å². The molecule has 0 heterocycles. The van der Waals surface area contributed by atoms with Crippen LogP contribution in [0.4, 0.5) is 5.69 Å². The Balaban J connectivity index is 1.59. The monoisotopic (exact) mass is 484 g/mol. The number of amides is 1. The quantitative estimate of drug-likeness (QED) is 0.438. The predicted molar refractivity (Wildman–Crippen MR) is 124 cm³/mol. The Hall–Kier alpha value is -3.73. The highest BCUT2D eigenvalue weighted by Gasteiger charge is 2.15. The van der Waals surface area contributed by atoms with Crippen molar-refractivity contribution < 1.29 is 23.8 Å². The van der Waals surface area contributed by atoms with Crippen LogP contribution in [-0.2, 0) is 16.1 Å². The maximum Gasteiger partial charge on any atom is 0.338 e. The third kappa shape index (κ3) is 6.62. The molecule has 3 rings (SSSR count). The fraction of sp³-hybridized carbons (Fsp3) is 0.125. The Labute approximate surface area is 200 Å². The van der Waals surface area contributed by atoms with Gasteiger partial charge >= 0.3 is 5.97 Å². The molecule has 0 unspecified atom stereocenters. The molecule has 0 aliphatic carbocycles. The largest absolute Gasteiger partial charge is 0.493 e. The van der Waals surface area contributed by atoms with E-state index in [1.54, 1.807) is 42.5 Å². The number of carbonyl (C=O) groups is 2. The molecule has 3 aromatic carbocycles. The molecule has 0 saturated carbocycles. The molecule has 0 fully saturated rings. The number of hydrogen-bond donors (Lipinski definition) is 1. The van der Waals surface area contributed by atoms with Crippen LogP contribution in [-0.4, -0.2) is 25.6 Å². The van der Waals surface area contributed by atoms with Crippen molar-refractivity contribution in [3.05, 3.63) is 87.4 Å². The van der Waals surface area contributed by atoms with Crippen LogP contribution in [0.1, 0.15) is 21.5 Å². The average molecular weight is 485 g/mol. The van der Waals surface area contributed by atoms with Crippen molar-refractivity contribution in [3.63, 3.8) is 0 Å². The number of benzene rings is 3. The molecule has 0 atom stereocenters. The van der Waals surface area contributed by atoms with Gasteiger partial charge in [-0.15, -0.1) is 0 Å². The van der Waals surface area contributed by atoms with Gasteiger partial charge in [-0.1, -0.05) is 35.3 Å². The van der Waals surface area contributed by atoms with Gasteiger partial charge in [0.2, 0.25) is 0 Å². The number of halogens is 2. The van der Waals surface area contributed by atoms with Gasteiger partial charge in [-0.2, -0.15) is 5.26 Å². The summed E-state index contributed by atoms with van der Waals surface area (Å²) >= 11 is 12.1. The smallest absolute Gasteiger partial charge is 0.338 e. The number of anilines is 1. The van der Waals surface area contributed by atoms with Gasteiger partial charge in [0.1, 0.15) is 6.61 Å². The fourth-order valence-corrected chi connectivity index (χ4v) is 3.25. The van der Waals surface area contributed by atoms with E-state index in [1.165, 1.54) is 25.3 Å². The minimum Gasteiger partial charge on any atom is -0.493 e. The lowest BCUT2D eigenvalue weighted by Crippen LogP contribution is -2.21. The zero-order valence-electron chi connectivity index (χ0n) is 17.4. The number of methoxy groups -OCH3 is 1. The number of nitrogens with zero attached hydrogens (tertiary/aromatic N) is 1. The van der Waals surface area contributed by atoms with E-state index >= 15 is 0 Å². The van der Waals surface area contributed by atoms with Crippen molar-refractivity contribution in [3.8, 4) is 17.6 Å². The summed E-state index contributed by atoms with van der Waals surface area (Å²) in [6, 6.07) is 18.0. The van der Waals surface area contributed by atoms with Crippen molar-refractivity contribution >= 4 is 40.8 Å². The molecule has 0 saturated heterocycles. The summed E-state index contributed by atoms with van der Waals surface area (Å²) in [6.07, 6.45) is 0. The zero-order valence-corrected chi connectivity index (χ0v) is 18.9. The molecule has 0 radical (unpaired) electrons. The van der Waals surface area contributed by atoms with Crippen molar-refractivity contribution in [1.82, 2.24) is 0 Å². The number of ether oxygens (including phenoxy) is 3. The fourth-order valence-electron chi connectivity index (χ4n) is 2.79. The Morgan fingerprint density at radius 1 is 1.03 bits per heavy atom. The van der Waals surface area contributed by atoms with E-state index in [4.69, 9.17) is 42.7 Å². The van der Waals surface area contributed by atoms with Crippen LogP contribution in [0.2, 0.25) is 10.0 Å². The summed E-state index contributed by atoms with van der Waals surface area (Å²) in [5.74, 6) is -0.533. The maximum absolute atomic E-state index is 12.4. The van der Waals surface area contributed by atoms with Gasteiger partial charge in [0.05, 0.1) is 24.3 Å². The molecule has 0 aromatic heterocycles. The highest BCUT2D eigenvalue weighted by molar-refractivity contribution is 6.35. The Morgan fingerprint density at radius 2 is 1.85 bits per heavy atom. The van der Waals surface area contributed by atoms with Crippen LogP contribution >= 0.6 is 23.2 Å². The molecule has 0 aliphatic heterocycles. The van der Waals surface area contributed by atoms with Crippen molar-refractivity contribution in [1.29, 1.82) is 5.26 Å². The second-order valence-corrected chi connectivity index (χ2v) is 7.55. The molecule has 0 spiro atoms. The Kier molecular flexibility index (Phi) is 8.14. The first-order valence-corrected chi connectivity index (χ1v) is 10.4. The lowest BCUT2D eigenvalue weighted by molar-refractivity contribution is -0.119. The van der Waals surface area contributed by atoms with E-state index < -0.39 is 18.5 Å². The molecule has 3 aromatic rings. The molecule has 9 heteroatoms. The van der Waals surface area contributed by atoms with Crippen molar-refractivity contribution in [2.45, 2.75) is 6.61 Å². The van der Waals surface area contributed by atoms with Gasteiger partial charge in [-0.05, 0) is 48.5 Å². The summed E-state index contributed by atoms with van der Waals surface area (Å²) in [4.78, 5) is 24.4. The molecular formula is C24H18Cl2N2O5. The van der Waals surface area contributed by atoms with Gasteiger partial charge in [0.25, 0.3) is 5.91 Å². The summed E-state index contributed by atoms with van der Waals surface area (Å²) in [5, 5.41) is 12.5. The molecule has 33 heavy (non-hydrogen) atoms. The van der Waals surface area contributed by atoms with E-state index in [9.17, 15) is 9.59 Å². The number of nitrogens with one attached hydrogen (secondary N) is 1. The Bertz CT molecular complexity index is 1220. The lowest BCUT2D eigenvalue weighted by atomic mass is 10.2. The molecule has 1 amide bonds. The first-order valence-electron chi connectivity index (χ1n) is 9.61. The highest BCUT2D eigenvalue weighted by atomic mass is 35.5. The van der Waals surface area contributed by atoms with Gasteiger partial charge in [-0.25, -0.2) is 4.79 Å². The second kappa shape index (κ2) is 11.2. The highest BCUT2D eigenvalue weighted by Crippen LogP contribution is 2.30.